The van der Waals surface area contributed by atoms with E-state index >= 15 is 0 Å². The van der Waals surface area contributed by atoms with Crippen molar-refractivity contribution in [1.82, 2.24) is 15.1 Å². The fourth-order valence-corrected chi connectivity index (χ4v) is 2.15. The third kappa shape index (κ3) is 1.82. The molecule has 1 N–H and O–H groups in total. The van der Waals surface area contributed by atoms with Gasteiger partial charge in [0.2, 0.25) is 0 Å². The number of nitrogens with one attached hydrogen (secondary N) is 1. The molecule has 2 rings (SSSR count). The van der Waals surface area contributed by atoms with Gasteiger partial charge in [0.1, 0.15) is 5.54 Å². The SMILES string of the molecule is CNC(Cn1cccn1)(C(=O)OC)C1CC1. The molecule has 1 aromatic rings. The van der Waals surface area contributed by atoms with Gasteiger partial charge in [-0.3, -0.25) is 4.68 Å². The lowest BCUT2D eigenvalue weighted by Gasteiger charge is -2.30. The molecule has 1 unspecified atom stereocenters. The number of nitrogens with zero attached hydrogens (tertiary/aromatic N) is 2. The molecule has 5 heteroatoms. The van der Waals surface area contributed by atoms with Crippen LogP contribution in [0.15, 0.2) is 18.5 Å². The number of hydrogen-bond acceptors (Lipinski definition) is 4. The zero-order valence-corrected chi connectivity index (χ0v) is 9.64. The molecule has 1 saturated carbocycles. The van der Waals surface area contributed by atoms with Gasteiger partial charge < -0.3 is 10.1 Å². The molecular formula is C11H17N3O2. The molecule has 0 bridgehead atoms. The molecular weight excluding hydrogens is 206 g/mol. The summed E-state index contributed by atoms with van der Waals surface area (Å²) in [5.74, 6) is 0.155. The minimum absolute atomic E-state index is 0.201. The van der Waals surface area contributed by atoms with Crippen LogP contribution in [0.2, 0.25) is 0 Å². The summed E-state index contributed by atoms with van der Waals surface area (Å²) in [6.07, 6.45) is 5.70. The predicted molar refractivity (Wildman–Crippen MR) is 58.8 cm³/mol. The Hall–Kier alpha value is -1.36. The van der Waals surface area contributed by atoms with E-state index < -0.39 is 5.54 Å². The monoisotopic (exact) mass is 223 g/mol. The summed E-state index contributed by atoms with van der Waals surface area (Å²) in [7, 11) is 3.23. The molecule has 0 amide bonds. The van der Waals surface area contributed by atoms with Gasteiger partial charge in [-0.05, 0) is 31.9 Å². The zero-order chi connectivity index (χ0) is 11.6. The summed E-state index contributed by atoms with van der Waals surface area (Å²) in [5.41, 5.74) is -0.624. The van der Waals surface area contributed by atoms with Crippen molar-refractivity contribution in [3.8, 4) is 0 Å². The fourth-order valence-electron chi connectivity index (χ4n) is 2.15. The van der Waals surface area contributed by atoms with Crippen LogP contribution in [0.25, 0.3) is 0 Å². The van der Waals surface area contributed by atoms with Crippen LogP contribution >= 0.6 is 0 Å². The second-order valence-electron chi connectivity index (χ2n) is 4.19. The Morgan fingerprint density at radius 3 is 2.88 bits per heavy atom. The largest absolute Gasteiger partial charge is 0.468 e. The highest BCUT2D eigenvalue weighted by Crippen LogP contribution is 2.41. The number of esters is 1. The van der Waals surface area contributed by atoms with Crippen molar-refractivity contribution in [2.24, 2.45) is 5.92 Å². The minimum atomic E-state index is -0.624. The van der Waals surface area contributed by atoms with Crippen LogP contribution in [-0.4, -0.2) is 35.4 Å². The summed E-state index contributed by atoms with van der Waals surface area (Å²) >= 11 is 0. The van der Waals surface area contributed by atoms with Crippen LogP contribution in [0.3, 0.4) is 0 Å². The van der Waals surface area contributed by atoms with Crippen molar-refractivity contribution in [1.29, 1.82) is 0 Å². The summed E-state index contributed by atoms with van der Waals surface area (Å²) in [4.78, 5) is 11.9. The van der Waals surface area contributed by atoms with Crippen molar-refractivity contribution in [3.63, 3.8) is 0 Å². The van der Waals surface area contributed by atoms with E-state index in [1.54, 1.807) is 17.9 Å². The number of hydrogen-bond donors (Lipinski definition) is 1. The molecule has 1 atom stereocenters. The van der Waals surface area contributed by atoms with Gasteiger partial charge in [-0.1, -0.05) is 0 Å². The number of aromatic nitrogens is 2. The minimum Gasteiger partial charge on any atom is -0.468 e. The van der Waals surface area contributed by atoms with Crippen LogP contribution in [0.4, 0.5) is 0 Å². The maximum atomic E-state index is 11.9. The number of rotatable bonds is 5. The standard InChI is InChI=1S/C11H17N3O2/c1-12-11(9-4-5-9,10(15)16-2)8-14-7-3-6-13-14/h3,6-7,9,12H,4-5,8H2,1-2H3. The lowest BCUT2D eigenvalue weighted by molar-refractivity contribution is -0.150. The van der Waals surface area contributed by atoms with E-state index in [0.717, 1.165) is 12.8 Å². The predicted octanol–water partition coefficient (Wildman–Crippen LogP) is 0.424. The average Bonchev–Trinajstić information content (AvgIpc) is 3.04. The molecule has 1 fully saturated rings. The van der Waals surface area contributed by atoms with Crippen LogP contribution in [0, 0.1) is 5.92 Å². The maximum absolute atomic E-state index is 11.9. The topological polar surface area (TPSA) is 56.2 Å². The first-order valence-electron chi connectivity index (χ1n) is 5.47. The lowest BCUT2D eigenvalue weighted by Crippen LogP contribution is -2.56. The first-order chi connectivity index (χ1) is 7.73. The summed E-state index contributed by atoms with van der Waals surface area (Å²) in [6.45, 7) is 0.522. The Labute approximate surface area is 94.8 Å². The normalized spacial score (nSPS) is 19.1. The van der Waals surface area contributed by atoms with E-state index in [9.17, 15) is 4.79 Å². The Morgan fingerprint density at radius 2 is 2.44 bits per heavy atom. The molecule has 0 spiro atoms. The van der Waals surface area contributed by atoms with Gasteiger partial charge in [0.15, 0.2) is 0 Å². The zero-order valence-electron chi connectivity index (χ0n) is 9.64. The Bertz CT molecular complexity index is 359. The second-order valence-corrected chi connectivity index (χ2v) is 4.19. The molecule has 1 heterocycles. The van der Waals surface area contributed by atoms with E-state index in [1.165, 1.54) is 7.11 Å². The molecule has 16 heavy (non-hydrogen) atoms. The number of ether oxygens (including phenoxy) is 1. The molecule has 88 valence electrons. The van der Waals surface area contributed by atoms with Gasteiger partial charge in [0, 0.05) is 12.4 Å². The second kappa shape index (κ2) is 4.25. The number of methoxy groups -OCH3 is 1. The lowest BCUT2D eigenvalue weighted by atomic mass is 9.93. The third-order valence-electron chi connectivity index (χ3n) is 3.24. The summed E-state index contributed by atoms with van der Waals surface area (Å²) in [6, 6.07) is 1.85. The Kier molecular flexibility index (Phi) is 2.96. The van der Waals surface area contributed by atoms with Gasteiger partial charge in [0.05, 0.1) is 13.7 Å². The van der Waals surface area contributed by atoms with Gasteiger partial charge in [0.25, 0.3) is 0 Å². The smallest absolute Gasteiger partial charge is 0.328 e. The molecule has 5 nitrogen and oxygen atoms in total. The summed E-state index contributed by atoms with van der Waals surface area (Å²) in [5, 5.41) is 7.28. The summed E-state index contributed by atoms with van der Waals surface area (Å²) < 4.78 is 6.68. The van der Waals surface area contributed by atoms with Crippen LogP contribution in [0.5, 0.6) is 0 Å². The van der Waals surface area contributed by atoms with Crippen molar-refractivity contribution in [2.75, 3.05) is 14.2 Å². The van der Waals surface area contributed by atoms with Crippen LogP contribution in [0.1, 0.15) is 12.8 Å². The number of carbonyl (C=O) groups is 1. The molecule has 1 aliphatic carbocycles. The van der Waals surface area contributed by atoms with E-state index in [-0.39, 0.29) is 5.97 Å². The Morgan fingerprint density at radius 1 is 1.69 bits per heavy atom. The molecule has 0 aliphatic heterocycles. The average molecular weight is 223 g/mol. The van der Waals surface area contributed by atoms with Gasteiger partial charge >= 0.3 is 5.97 Å². The molecule has 0 aromatic carbocycles. The first kappa shape index (κ1) is 11.1. The highest BCUT2D eigenvalue weighted by atomic mass is 16.5. The molecule has 1 aromatic heterocycles. The molecule has 0 radical (unpaired) electrons. The number of carbonyl (C=O) groups excluding carboxylic acids is 1. The van der Waals surface area contributed by atoms with E-state index in [4.69, 9.17) is 4.74 Å². The van der Waals surface area contributed by atoms with Crippen LogP contribution in [-0.2, 0) is 16.1 Å². The fraction of sp³-hybridized carbons (Fsp3) is 0.636. The highest BCUT2D eigenvalue weighted by molar-refractivity contribution is 5.81. The third-order valence-corrected chi connectivity index (χ3v) is 3.24. The van der Waals surface area contributed by atoms with Gasteiger partial charge in [-0.2, -0.15) is 5.10 Å². The van der Waals surface area contributed by atoms with Crippen LogP contribution < -0.4 is 5.32 Å². The van der Waals surface area contributed by atoms with Crippen molar-refractivity contribution in [3.05, 3.63) is 18.5 Å². The van der Waals surface area contributed by atoms with Crippen molar-refractivity contribution >= 4 is 5.97 Å². The van der Waals surface area contributed by atoms with Gasteiger partial charge in [-0.15, -0.1) is 0 Å². The molecule has 1 aliphatic rings. The Balaban J connectivity index is 2.22. The van der Waals surface area contributed by atoms with Crippen molar-refractivity contribution < 1.29 is 9.53 Å². The highest BCUT2D eigenvalue weighted by Gasteiger charge is 2.51. The first-order valence-corrected chi connectivity index (χ1v) is 5.47. The van der Waals surface area contributed by atoms with Crippen molar-refractivity contribution in [2.45, 2.75) is 24.9 Å². The molecule has 0 saturated heterocycles. The maximum Gasteiger partial charge on any atom is 0.328 e. The van der Waals surface area contributed by atoms with E-state index in [1.807, 2.05) is 12.3 Å². The quantitative estimate of drug-likeness (QED) is 0.735. The van der Waals surface area contributed by atoms with E-state index in [0.29, 0.717) is 12.5 Å². The van der Waals surface area contributed by atoms with E-state index in [2.05, 4.69) is 10.4 Å². The number of likely N-dealkylation sites (N-methyl/N-ethyl adjacent to an activating group) is 1. The van der Waals surface area contributed by atoms with Gasteiger partial charge in [-0.25, -0.2) is 4.79 Å².